The van der Waals surface area contributed by atoms with Gasteiger partial charge in [-0.25, -0.2) is 0 Å². The Morgan fingerprint density at radius 3 is 2.56 bits per heavy atom. The second kappa shape index (κ2) is 4.89. The first-order valence-corrected chi connectivity index (χ1v) is 3.68. The fraction of sp³-hybridized carbons (Fsp3) is 0.714. The van der Waals surface area contributed by atoms with Crippen LogP contribution in [-0.4, -0.2) is 25.0 Å². The average molecular weight is 145 g/mol. The summed E-state index contributed by atoms with van der Waals surface area (Å²) >= 11 is 4.24. The molecule has 0 unspecified atom stereocenters. The molecule has 0 fully saturated rings. The van der Waals surface area contributed by atoms with Crippen LogP contribution in [0.25, 0.3) is 0 Å². The minimum absolute atomic E-state index is 0.968. The van der Waals surface area contributed by atoms with Crippen LogP contribution in [0.1, 0.15) is 13.8 Å². The lowest BCUT2D eigenvalue weighted by molar-refractivity contribution is 0.390. The molecule has 0 bridgehead atoms. The zero-order valence-electron chi connectivity index (χ0n) is 6.39. The number of likely N-dealkylation sites (N-methyl/N-ethyl adjacent to an activating group) is 1. The lowest BCUT2D eigenvalue weighted by atomic mass is 10.4. The van der Waals surface area contributed by atoms with Crippen LogP contribution < -0.4 is 0 Å². The lowest BCUT2D eigenvalue weighted by Gasteiger charge is -2.12. The van der Waals surface area contributed by atoms with E-state index in [0.29, 0.717) is 0 Å². The number of nitrogens with zero attached hydrogens (tertiary/aromatic N) is 1. The molecule has 0 atom stereocenters. The molecule has 1 nitrogen and oxygen atoms in total. The van der Waals surface area contributed by atoms with Crippen LogP contribution in [0.5, 0.6) is 0 Å². The van der Waals surface area contributed by atoms with E-state index < -0.39 is 0 Å². The summed E-state index contributed by atoms with van der Waals surface area (Å²) in [4.78, 5) is 3.35. The van der Waals surface area contributed by atoms with Gasteiger partial charge in [0, 0.05) is 6.54 Å². The Bertz CT molecular complexity index is 99.1. The Labute approximate surface area is 63.2 Å². The molecule has 0 amide bonds. The third-order valence-corrected chi connectivity index (χ3v) is 1.70. The Kier molecular flexibility index (Phi) is 4.91. The van der Waals surface area contributed by atoms with Gasteiger partial charge in [0.2, 0.25) is 0 Å². The molecule has 0 saturated carbocycles. The molecule has 0 aliphatic rings. The molecule has 54 valence electrons. The fourth-order valence-corrected chi connectivity index (χ4v) is 0.721. The maximum atomic E-state index is 4.24. The summed E-state index contributed by atoms with van der Waals surface area (Å²) in [6.45, 7) is 6.19. The topological polar surface area (TPSA) is 3.24 Å². The summed E-state index contributed by atoms with van der Waals surface area (Å²) in [6.07, 6.45) is 2.02. The molecule has 0 aliphatic carbocycles. The zero-order chi connectivity index (χ0) is 7.28. The van der Waals surface area contributed by atoms with Crippen molar-refractivity contribution < 1.29 is 0 Å². The molecule has 0 aliphatic heterocycles. The van der Waals surface area contributed by atoms with E-state index in [1.807, 2.05) is 13.0 Å². The average Bonchev–Trinajstić information content (AvgIpc) is 1.87. The Hall–Kier alpha value is 0.0500. The van der Waals surface area contributed by atoms with Gasteiger partial charge in [0.05, 0.1) is 0 Å². The third kappa shape index (κ3) is 4.55. The van der Waals surface area contributed by atoms with Crippen LogP contribution >= 0.6 is 12.6 Å². The maximum absolute atomic E-state index is 4.24. The van der Waals surface area contributed by atoms with Crippen molar-refractivity contribution in [2.45, 2.75) is 13.8 Å². The van der Waals surface area contributed by atoms with E-state index in [1.165, 1.54) is 0 Å². The minimum Gasteiger partial charge on any atom is -0.302 e. The molecule has 0 aromatic carbocycles. The van der Waals surface area contributed by atoms with Crippen LogP contribution in [0.2, 0.25) is 0 Å². The molecule has 0 radical (unpaired) electrons. The monoisotopic (exact) mass is 145 g/mol. The molecule has 0 saturated heterocycles. The predicted molar refractivity (Wildman–Crippen MR) is 45.9 cm³/mol. The van der Waals surface area contributed by atoms with Crippen molar-refractivity contribution in [3.8, 4) is 0 Å². The van der Waals surface area contributed by atoms with Gasteiger partial charge in [-0.05, 0) is 25.4 Å². The number of rotatable bonds is 3. The van der Waals surface area contributed by atoms with Gasteiger partial charge in [-0.1, -0.05) is 13.0 Å². The van der Waals surface area contributed by atoms with Crippen LogP contribution in [0.3, 0.4) is 0 Å². The smallest absolute Gasteiger partial charge is 0.0284 e. The van der Waals surface area contributed by atoms with E-state index >= 15 is 0 Å². The van der Waals surface area contributed by atoms with E-state index in [4.69, 9.17) is 0 Å². The van der Waals surface area contributed by atoms with Crippen LogP contribution in [0.15, 0.2) is 11.0 Å². The number of hydrogen-bond donors (Lipinski definition) is 1. The normalized spacial score (nSPS) is 12.8. The van der Waals surface area contributed by atoms with Crippen molar-refractivity contribution in [3.63, 3.8) is 0 Å². The first-order chi connectivity index (χ1) is 4.20. The molecule has 0 spiro atoms. The van der Waals surface area contributed by atoms with Crippen molar-refractivity contribution in [3.05, 3.63) is 11.0 Å². The lowest BCUT2D eigenvalue weighted by Crippen LogP contribution is -2.18. The molecular weight excluding hydrogens is 130 g/mol. The highest BCUT2D eigenvalue weighted by molar-refractivity contribution is 7.84. The van der Waals surface area contributed by atoms with Crippen molar-refractivity contribution in [1.82, 2.24) is 4.90 Å². The van der Waals surface area contributed by atoms with E-state index in [2.05, 4.69) is 31.5 Å². The molecule has 0 heterocycles. The molecule has 0 N–H and O–H groups in total. The highest BCUT2D eigenvalue weighted by Gasteiger charge is 1.93. The van der Waals surface area contributed by atoms with Gasteiger partial charge in [-0.2, -0.15) is 0 Å². The fourth-order valence-electron chi connectivity index (χ4n) is 0.480. The van der Waals surface area contributed by atoms with Gasteiger partial charge in [-0.3, -0.25) is 0 Å². The van der Waals surface area contributed by atoms with E-state index in [9.17, 15) is 0 Å². The molecule has 9 heavy (non-hydrogen) atoms. The largest absolute Gasteiger partial charge is 0.302 e. The Morgan fingerprint density at radius 2 is 2.22 bits per heavy atom. The molecule has 2 heteroatoms. The quantitative estimate of drug-likeness (QED) is 0.592. The summed E-state index contributed by atoms with van der Waals surface area (Å²) in [5, 5.41) is 0. The molecular formula is C7H15NS. The standard InChI is InChI=1S/C7H15NS/c1-4-7(9)6-8(3)5-2/h4,9H,5-6H2,1-3H3/b7-4-. The number of allylic oxidation sites excluding steroid dienone is 1. The second-order valence-electron chi connectivity index (χ2n) is 2.11. The zero-order valence-corrected chi connectivity index (χ0v) is 7.28. The highest BCUT2D eigenvalue weighted by atomic mass is 32.1. The van der Waals surface area contributed by atoms with E-state index in [-0.39, 0.29) is 0 Å². The van der Waals surface area contributed by atoms with E-state index in [1.54, 1.807) is 0 Å². The van der Waals surface area contributed by atoms with E-state index in [0.717, 1.165) is 18.0 Å². The van der Waals surface area contributed by atoms with Crippen molar-refractivity contribution in [1.29, 1.82) is 0 Å². The Morgan fingerprint density at radius 1 is 1.67 bits per heavy atom. The summed E-state index contributed by atoms with van der Waals surface area (Å²) in [7, 11) is 2.08. The summed E-state index contributed by atoms with van der Waals surface area (Å²) in [5.74, 6) is 0. The van der Waals surface area contributed by atoms with Gasteiger partial charge in [0.25, 0.3) is 0 Å². The van der Waals surface area contributed by atoms with Gasteiger partial charge in [0.15, 0.2) is 0 Å². The first-order valence-electron chi connectivity index (χ1n) is 3.23. The van der Waals surface area contributed by atoms with Crippen LogP contribution in [0.4, 0.5) is 0 Å². The van der Waals surface area contributed by atoms with Crippen LogP contribution in [-0.2, 0) is 0 Å². The maximum Gasteiger partial charge on any atom is 0.0284 e. The number of thiol groups is 1. The Balaban J connectivity index is 3.47. The SMILES string of the molecule is C/C=C(\S)CN(C)CC. The van der Waals surface area contributed by atoms with Gasteiger partial charge in [0.1, 0.15) is 0 Å². The van der Waals surface area contributed by atoms with Gasteiger partial charge >= 0.3 is 0 Å². The molecule has 0 aromatic rings. The van der Waals surface area contributed by atoms with Crippen LogP contribution in [0, 0.1) is 0 Å². The molecule has 0 rings (SSSR count). The molecule has 0 aromatic heterocycles. The van der Waals surface area contributed by atoms with Crippen molar-refractivity contribution >= 4 is 12.6 Å². The van der Waals surface area contributed by atoms with Gasteiger partial charge < -0.3 is 4.90 Å². The van der Waals surface area contributed by atoms with Crippen molar-refractivity contribution in [2.75, 3.05) is 20.1 Å². The van der Waals surface area contributed by atoms with Crippen molar-refractivity contribution in [2.24, 2.45) is 0 Å². The minimum atomic E-state index is 0.968. The second-order valence-corrected chi connectivity index (χ2v) is 2.68. The first kappa shape index (κ1) is 9.05. The van der Waals surface area contributed by atoms with Gasteiger partial charge in [-0.15, -0.1) is 12.6 Å². The summed E-state index contributed by atoms with van der Waals surface area (Å²) in [6, 6.07) is 0. The predicted octanol–water partition coefficient (Wildman–Crippen LogP) is 1.77. The summed E-state index contributed by atoms with van der Waals surface area (Å²) in [5.41, 5.74) is 0. The number of hydrogen-bond acceptors (Lipinski definition) is 2. The highest BCUT2D eigenvalue weighted by Crippen LogP contribution is 2.00. The third-order valence-electron chi connectivity index (χ3n) is 1.30. The summed E-state index contributed by atoms with van der Waals surface area (Å²) < 4.78 is 0.